The zero-order valence-electron chi connectivity index (χ0n) is 13.1. The van der Waals surface area contributed by atoms with Crippen LogP contribution in [0.3, 0.4) is 0 Å². The average Bonchev–Trinajstić information content (AvgIpc) is 2.57. The SMILES string of the molecule is CC[C@@H](NCC(N)=O)c1ccc(Cl)c(C(=O)c2cccnc2)c1F. The Hall–Kier alpha value is -2.31. The van der Waals surface area contributed by atoms with Crippen molar-refractivity contribution in [3.05, 3.63) is 64.2 Å². The first-order chi connectivity index (χ1) is 11.5. The Morgan fingerprint density at radius 3 is 2.71 bits per heavy atom. The van der Waals surface area contributed by atoms with Crippen molar-refractivity contribution in [3.8, 4) is 0 Å². The smallest absolute Gasteiger partial charge is 0.231 e. The van der Waals surface area contributed by atoms with Crippen LogP contribution in [0.25, 0.3) is 0 Å². The van der Waals surface area contributed by atoms with Crippen LogP contribution in [0, 0.1) is 5.82 Å². The van der Waals surface area contributed by atoms with Gasteiger partial charge in [-0.1, -0.05) is 24.6 Å². The maximum atomic E-state index is 14.9. The largest absolute Gasteiger partial charge is 0.369 e. The van der Waals surface area contributed by atoms with E-state index < -0.39 is 23.5 Å². The third kappa shape index (κ3) is 3.96. The van der Waals surface area contributed by atoms with Gasteiger partial charge in [0.2, 0.25) is 5.91 Å². The fraction of sp³-hybridized carbons (Fsp3) is 0.235. The van der Waals surface area contributed by atoms with Crippen LogP contribution in [0.5, 0.6) is 0 Å². The van der Waals surface area contributed by atoms with E-state index in [9.17, 15) is 14.0 Å². The summed E-state index contributed by atoms with van der Waals surface area (Å²) in [7, 11) is 0. The van der Waals surface area contributed by atoms with Crippen LogP contribution in [-0.2, 0) is 4.79 Å². The second-order valence-electron chi connectivity index (χ2n) is 5.20. The Morgan fingerprint density at radius 2 is 2.12 bits per heavy atom. The summed E-state index contributed by atoms with van der Waals surface area (Å²) in [5, 5.41) is 2.89. The number of carbonyl (C=O) groups excluding carboxylic acids is 2. The van der Waals surface area contributed by atoms with Crippen molar-refractivity contribution in [3.63, 3.8) is 0 Å². The van der Waals surface area contributed by atoms with Gasteiger partial charge in [0.25, 0.3) is 0 Å². The minimum Gasteiger partial charge on any atom is -0.369 e. The summed E-state index contributed by atoms with van der Waals surface area (Å²) in [6.45, 7) is 1.74. The summed E-state index contributed by atoms with van der Waals surface area (Å²) in [5.41, 5.74) is 5.41. The predicted octanol–water partition coefficient (Wildman–Crippen LogP) is 2.63. The lowest BCUT2D eigenvalue weighted by molar-refractivity contribution is -0.117. The number of rotatable bonds is 7. The van der Waals surface area contributed by atoms with Crippen molar-refractivity contribution < 1.29 is 14.0 Å². The van der Waals surface area contributed by atoms with E-state index >= 15 is 0 Å². The summed E-state index contributed by atoms with van der Waals surface area (Å²) in [4.78, 5) is 27.4. The van der Waals surface area contributed by atoms with Gasteiger partial charge in [-0.3, -0.25) is 14.6 Å². The molecule has 7 heteroatoms. The predicted molar refractivity (Wildman–Crippen MR) is 89.3 cm³/mol. The van der Waals surface area contributed by atoms with Crippen molar-refractivity contribution >= 4 is 23.3 Å². The Morgan fingerprint density at radius 1 is 1.38 bits per heavy atom. The maximum absolute atomic E-state index is 14.9. The number of carbonyl (C=O) groups is 2. The maximum Gasteiger partial charge on any atom is 0.231 e. The van der Waals surface area contributed by atoms with Crippen molar-refractivity contribution in [2.24, 2.45) is 5.73 Å². The number of aromatic nitrogens is 1. The first-order valence-electron chi connectivity index (χ1n) is 7.40. The summed E-state index contributed by atoms with van der Waals surface area (Å²) in [6.07, 6.45) is 3.38. The Kier molecular flexibility index (Phi) is 6.00. The lowest BCUT2D eigenvalue weighted by Crippen LogP contribution is -2.32. The van der Waals surface area contributed by atoms with Gasteiger partial charge in [-0.05, 0) is 24.6 Å². The van der Waals surface area contributed by atoms with Gasteiger partial charge in [0.15, 0.2) is 5.78 Å². The topological polar surface area (TPSA) is 85.1 Å². The van der Waals surface area contributed by atoms with E-state index in [1.807, 2.05) is 6.92 Å². The monoisotopic (exact) mass is 349 g/mol. The van der Waals surface area contributed by atoms with Crippen LogP contribution in [0.4, 0.5) is 4.39 Å². The summed E-state index contributed by atoms with van der Waals surface area (Å²) < 4.78 is 14.9. The van der Waals surface area contributed by atoms with Crippen LogP contribution in [-0.4, -0.2) is 23.2 Å². The molecule has 0 unspecified atom stereocenters. The van der Waals surface area contributed by atoms with E-state index in [0.717, 1.165) is 0 Å². The molecular weight excluding hydrogens is 333 g/mol. The van der Waals surface area contributed by atoms with Crippen molar-refractivity contribution in [2.45, 2.75) is 19.4 Å². The lowest BCUT2D eigenvalue weighted by Gasteiger charge is -2.19. The number of hydrogen-bond donors (Lipinski definition) is 2. The molecule has 0 aliphatic rings. The van der Waals surface area contributed by atoms with E-state index in [1.54, 1.807) is 12.1 Å². The van der Waals surface area contributed by atoms with Crippen LogP contribution in [0.1, 0.15) is 40.9 Å². The molecule has 0 spiro atoms. The summed E-state index contributed by atoms with van der Waals surface area (Å²) in [5.74, 6) is -1.80. The molecule has 1 heterocycles. The van der Waals surface area contributed by atoms with Crippen LogP contribution >= 0.6 is 11.6 Å². The minimum atomic E-state index is -0.708. The number of benzene rings is 1. The Labute approximate surface area is 144 Å². The highest BCUT2D eigenvalue weighted by molar-refractivity contribution is 6.35. The molecule has 3 N–H and O–H groups in total. The zero-order chi connectivity index (χ0) is 17.7. The molecule has 0 saturated heterocycles. The number of ketones is 1. The molecule has 0 fully saturated rings. The van der Waals surface area contributed by atoms with Crippen LogP contribution < -0.4 is 11.1 Å². The molecule has 1 aromatic heterocycles. The molecule has 0 bridgehead atoms. The molecule has 5 nitrogen and oxygen atoms in total. The van der Waals surface area contributed by atoms with Gasteiger partial charge in [-0.15, -0.1) is 0 Å². The molecule has 24 heavy (non-hydrogen) atoms. The number of nitrogens with two attached hydrogens (primary N) is 1. The van der Waals surface area contributed by atoms with Gasteiger partial charge in [-0.25, -0.2) is 4.39 Å². The quantitative estimate of drug-likeness (QED) is 0.752. The second-order valence-corrected chi connectivity index (χ2v) is 5.61. The van der Waals surface area contributed by atoms with E-state index in [-0.39, 0.29) is 28.3 Å². The first kappa shape index (κ1) is 18.0. The van der Waals surface area contributed by atoms with E-state index in [2.05, 4.69) is 10.3 Å². The van der Waals surface area contributed by atoms with Crippen LogP contribution in [0.15, 0.2) is 36.7 Å². The molecule has 0 aliphatic carbocycles. The highest BCUT2D eigenvalue weighted by atomic mass is 35.5. The highest BCUT2D eigenvalue weighted by Crippen LogP contribution is 2.29. The minimum absolute atomic E-state index is 0.0230. The van der Waals surface area contributed by atoms with Crippen LogP contribution in [0.2, 0.25) is 5.02 Å². The third-order valence-electron chi connectivity index (χ3n) is 3.58. The Balaban J connectivity index is 2.43. The van der Waals surface area contributed by atoms with E-state index in [0.29, 0.717) is 6.42 Å². The number of nitrogens with one attached hydrogen (secondary N) is 1. The molecule has 0 saturated carbocycles. The zero-order valence-corrected chi connectivity index (χ0v) is 13.8. The highest BCUT2D eigenvalue weighted by Gasteiger charge is 2.24. The summed E-state index contributed by atoms with van der Waals surface area (Å²) in [6, 6.07) is 5.64. The molecule has 1 amide bonds. The van der Waals surface area contributed by atoms with E-state index in [1.165, 1.54) is 24.5 Å². The van der Waals surface area contributed by atoms with Gasteiger partial charge in [0.1, 0.15) is 5.82 Å². The fourth-order valence-electron chi connectivity index (χ4n) is 2.39. The molecule has 2 rings (SSSR count). The second kappa shape index (κ2) is 7.99. The van der Waals surface area contributed by atoms with E-state index in [4.69, 9.17) is 17.3 Å². The average molecular weight is 350 g/mol. The lowest BCUT2D eigenvalue weighted by atomic mass is 9.96. The normalized spacial score (nSPS) is 12.0. The van der Waals surface area contributed by atoms with Gasteiger partial charge in [0, 0.05) is 29.6 Å². The molecule has 2 aromatic rings. The molecule has 1 atom stereocenters. The number of amides is 1. The summed E-state index contributed by atoms with van der Waals surface area (Å²) >= 11 is 6.05. The van der Waals surface area contributed by atoms with Gasteiger partial charge >= 0.3 is 0 Å². The number of nitrogens with zero attached hydrogens (tertiary/aromatic N) is 1. The number of halogens is 2. The fourth-order valence-corrected chi connectivity index (χ4v) is 2.62. The number of hydrogen-bond acceptors (Lipinski definition) is 4. The van der Waals surface area contributed by atoms with Crippen molar-refractivity contribution in [1.29, 1.82) is 0 Å². The molecule has 0 aliphatic heterocycles. The molecule has 0 radical (unpaired) electrons. The Bertz CT molecular complexity index is 753. The first-order valence-corrected chi connectivity index (χ1v) is 7.77. The molecular formula is C17H17ClFN3O2. The van der Waals surface area contributed by atoms with Gasteiger partial charge in [-0.2, -0.15) is 0 Å². The number of pyridine rings is 1. The molecule has 1 aromatic carbocycles. The van der Waals surface area contributed by atoms with Crippen molar-refractivity contribution in [2.75, 3.05) is 6.54 Å². The van der Waals surface area contributed by atoms with Crippen molar-refractivity contribution in [1.82, 2.24) is 10.3 Å². The third-order valence-corrected chi connectivity index (χ3v) is 3.89. The van der Waals surface area contributed by atoms with Gasteiger partial charge < -0.3 is 11.1 Å². The number of primary amides is 1. The molecule has 126 valence electrons. The standard InChI is InChI=1S/C17H17ClFN3O2/c1-2-13(22-9-14(20)23)11-5-6-12(18)15(16(11)19)17(24)10-4-3-7-21-8-10/h3-8,13,22H,2,9H2,1H3,(H2,20,23)/t13-/m1/s1. The van der Waals surface area contributed by atoms with Gasteiger partial charge in [0.05, 0.1) is 17.1 Å².